The van der Waals surface area contributed by atoms with Crippen molar-refractivity contribution in [2.75, 3.05) is 6.54 Å². The van der Waals surface area contributed by atoms with Gasteiger partial charge in [-0.1, -0.05) is 17.7 Å². The fourth-order valence-electron chi connectivity index (χ4n) is 2.65. The number of hydrogen-bond donors (Lipinski definition) is 1. The van der Waals surface area contributed by atoms with Crippen LogP contribution in [0.25, 0.3) is 16.3 Å². The van der Waals surface area contributed by atoms with E-state index in [0.717, 1.165) is 16.2 Å². The summed E-state index contributed by atoms with van der Waals surface area (Å²) in [5, 5.41) is 9.98. The molecule has 0 aliphatic carbocycles. The Morgan fingerprint density at radius 1 is 1.22 bits per heavy atom. The van der Waals surface area contributed by atoms with E-state index in [4.69, 9.17) is 11.6 Å². The molecule has 0 aliphatic heterocycles. The van der Waals surface area contributed by atoms with Crippen molar-refractivity contribution in [3.8, 4) is 11.4 Å². The first-order valence-corrected chi connectivity index (χ1v) is 9.49. The molecule has 0 aliphatic rings. The molecule has 4 aromatic rings. The number of amides is 1. The van der Waals surface area contributed by atoms with Crippen LogP contribution >= 0.6 is 22.9 Å². The van der Waals surface area contributed by atoms with Gasteiger partial charge in [0.05, 0.1) is 5.69 Å². The van der Waals surface area contributed by atoms with E-state index >= 15 is 0 Å². The van der Waals surface area contributed by atoms with E-state index < -0.39 is 5.82 Å². The summed E-state index contributed by atoms with van der Waals surface area (Å²) in [5.41, 5.74) is 2.14. The van der Waals surface area contributed by atoms with Gasteiger partial charge in [-0.15, -0.1) is 16.4 Å². The lowest BCUT2D eigenvalue weighted by Crippen LogP contribution is -2.26. The maximum Gasteiger partial charge on any atom is 0.251 e. The van der Waals surface area contributed by atoms with Crippen LogP contribution in [0.4, 0.5) is 4.39 Å². The normalized spacial score (nSPS) is 11.0. The van der Waals surface area contributed by atoms with E-state index in [0.29, 0.717) is 29.4 Å². The van der Waals surface area contributed by atoms with Gasteiger partial charge in [0.2, 0.25) is 4.96 Å². The number of carbonyl (C=O) groups excluding carboxylic acids is 1. The number of fused-ring (bicyclic) bond motifs is 1. The molecule has 0 saturated carbocycles. The second kappa shape index (κ2) is 7.46. The lowest BCUT2D eigenvalue weighted by Gasteiger charge is -2.04. The average molecular weight is 401 g/mol. The van der Waals surface area contributed by atoms with E-state index in [1.165, 1.54) is 29.5 Å². The minimum absolute atomic E-state index is 0.302. The summed E-state index contributed by atoms with van der Waals surface area (Å²) >= 11 is 7.41. The highest BCUT2D eigenvalue weighted by Crippen LogP contribution is 2.22. The second-order valence-corrected chi connectivity index (χ2v) is 7.15. The maximum atomic E-state index is 13.2. The van der Waals surface area contributed by atoms with Crippen LogP contribution in [0.5, 0.6) is 0 Å². The largest absolute Gasteiger partial charge is 0.352 e. The van der Waals surface area contributed by atoms with Crippen molar-refractivity contribution in [3.63, 3.8) is 0 Å². The van der Waals surface area contributed by atoms with E-state index in [1.807, 2.05) is 17.5 Å². The Bertz CT molecular complexity index is 1110. The standard InChI is InChI=1S/C19H14ClFN4OS/c20-14-6-4-12(5-7-14)17-23-19-25(24-17)16(11-27-19)8-9-22-18(26)13-2-1-3-15(21)10-13/h1-7,10-11H,8-9H2,(H,22,26). The van der Waals surface area contributed by atoms with Gasteiger partial charge in [0.25, 0.3) is 5.91 Å². The predicted octanol–water partition coefficient (Wildman–Crippen LogP) is 4.22. The fourth-order valence-corrected chi connectivity index (χ4v) is 3.64. The lowest BCUT2D eigenvalue weighted by atomic mass is 10.2. The molecule has 27 heavy (non-hydrogen) atoms. The van der Waals surface area contributed by atoms with Crippen molar-refractivity contribution in [2.45, 2.75) is 6.42 Å². The van der Waals surface area contributed by atoms with Gasteiger partial charge in [0.1, 0.15) is 5.82 Å². The molecule has 0 bridgehead atoms. The van der Waals surface area contributed by atoms with Gasteiger partial charge >= 0.3 is 0 Å². The summed E-state index contributed by atoms with van der Waals surface area (Å²) in [4.78, 5) is 17.4. The summed E-state index contributed by atoms with van der Waals surface area (Å²) in [5.74, 6) is -0.107. The van der Waals surface area contributed by atoms with Crippen LogP contribution in [0.15, 0.2) is 53.9 Å². The molecule has 0 saturated heterocycles. The zero-order valence-corrected chi connectivity index (χ0v) is 15.6. The Labute approximate surface area is 163 Å². The molecule has 0 fully saturated rings. The van der Waals surface area contributed by atoms with Gasteiger partial charge in [0.15, 0.2) is 5.82 Å². The van der Waals surface area contributed by atoms with Gasteiger partial charge in [-0.05, 0) is 42.5 Å². The predicted molar refractivity (Wildman–Crippen MR) is 104 cm³/mol. The van der Waals surface area contributed by atoms with Crippen molar-refractivity contribution in [3.05, 3.63) is 76.0 Å². The quantitative estimate of drug-likeness (QED) is 0.545. The molecule has 2 aromatic carbocycles. The van der Waals surface area contributed by atoms with Crippen molar-refractivity contribution < 1.29 is 9.18 Å². The molecule has 0 spiro atoms. The van der Waals surface area contributed by atoms with Crippen LogP contribution in [0.1, 0.15) is 16.1 Å². The first-order valence-electron chi connectivity index (χ1n) is 8.23. The minimum Gasteiger partial charge on any atom is -0.352 e. The van der Waals surface area contributed by atoms with Crippen molar-refractivity contribution >= 4 is 33.8 Å². The number of benzene rings is 2. The molecule has 8 heteroatoms. The smallest absolute Gasteiger partial charge is 0.251 e. The zero-order chi connectivity index (χ0) is 18.8. The first kappa shape index (κ1) is 17.6. The molecule has 5 nitrogen and oxygen atoms in total. The van der Waals surface area contributed by atoms with Gasteiger partial charge in [0, 0.05) is 34.5 Å². The van der Waals surface area contributed by atoms with Crippen molar-refractivity contribution in [1.82, 2.24) is 19.9 Å². The Morgan fingerprint density at radius 2 is 2.04 bits per heavy atom. The van der Waals surface area contributed by atoms with Crippen LogP contribution in [0, 0.1) is 5.82 Å². The Balaban J connectivity index is 1.45. The maximum absolute atomic E-state index is 13.2. The number of carbonyl (C=O) groups is 1. The summed E-state index contributed by atoms with van der Waals surface area (Å²) < 4.78 is 15.0. The molecular formula is C19H14ClFN4OS. The highest BCUT2D eigenvalue weighted by atomic mass is 35.5. The number of hydrogen-bond acceptors (Lipinski definition) is 4. The number of thiazole rings is 1. The number of halogens is 2. The lowest BCUT2D eigenvalue weighted by molar-refractivity contribution is 0.0953. The van der Waals surface area contributed by atoms with E-state index in [-0.39, 0.29) is 5.91 Å². The average Bonchev–Trinajstić information content (AvgIpc) is 3.24. The Kier molecular flexibility index (Phi) is 4.87. The van der Waals surface area contributed by atoms with Gasteiger partial charge in [-0.2, -0.15) is 4.98 Å². The molecule has 0 unspecified atom stereocenters. The topological polar surface area (TPSA) is 59.3 Å². The Morgan fingerprint density at radius 3 is 2.81 bits per heavy atom. The van der Waals surface area contributed by atoms with Gasteiger partial charge in [-0.25, -0.2) is 8.91 Å². The first-order chi connectivity index (χ1) is 13.1. The molecule has 2 heterocycles. The van der Waals surface area contributed by atoms with E-state index in [1.54, 1.807) is 22.7 Å². The van der Waals surface area contributed by atoms with Crippen LogP contribution in [0.3, 0.4) is 0 Å². The summed E-state index contributed by atoms with van der Waals surface area (Å²) in [6.45, 7) is 0.414. The van der Waals surface area contributed by atoms with Crippen molar-refractivity contribution in [2.24, 2.45) is 0 Å². The molecule has 2 aromatic heterocycles. The SMILES string of the molecule is O=C(NCCc1csc2nc(-c3ccc(Cl)cc3)nn12)c1cccc(F)c1. The van der Waals surface area contributed by atoms with Gasteiger partial charge in [-0.3, -0.25) is 4.79 Å². The van der Waals surface area contributed by atoms with Crippen LogP contribution in [-0.4, -0.2) is 27.0 Å². The number of nitrogens with one attached hydrogen (secondary N) is 1. The minimum atomic E-state index is -0.431. The summed E-state index contributed by atoms with van der Waals surface area (Å²) in [6.07, 6.45) is 0.588. The monoisotopic (exact) mass is 400 g/mol. The highest BCUT2D eigenvalue weighted by Gasteiger charge is 2.12. The molecule has 0 atom stereocenters. The fraction of sp³-hybridized carbons (Fsp3) is 0.105. The molecule has 136 valence electrons. The number of rotatable bonds is 5. The van der Waals surface area contributed by atoms with Crippen molar-refractivity contribution in [1.29, 1.82) is 0 Å². The third-order valence-electron chi connectivity index (χ3n) is 4.01. The molecule has 0 radical (unpaired) electrons. The summed E-state index contributed by atoms with van der Waals surface area (Å²) in [6, 6.07) is 13.0. The Hall–Kier alpha value is -2.77. The molecule has 1 amide bonds. The highest BCUT2D eigenvalue weighted by molar-refractivity contribution is 7.15. The van der Waals surface area contributed by atoms with Crippen LogP contribution in [0.2, 0.25) is 5.02 Å². The van der Waals surface area contributed by atoms with E-state index in [9.17, 15) is 9.18 Å². The van der Waals surface area contributed by atoms with Crippen LogP contribution in [-0.2, 0) is 6.42 Å². The molecule has 4 rings (SSSR count). The van der Waals surface area contributed by atoms with Gasteiger partial charge < -0.3 is 5.32 Å². The summed E-state index contributed by atoms with van der Waals surface area (Å²) in [7, 11) is 0. The number of aromatic nitrogens is 3. The van der Waals surface area contributed by atoms with E-state index in [2.05, 4.69) is 15.4 Å². The number of nitrogens with zero attached hydrogens (tertiary/aromatic N) is 3. The second-order valence-electron chi connectivity index (χ2n) is 5.88. The zero-order valence-electron chi connectivity index (χ0n) is 14.0. The van der Waals surface area contributed by atoms with Crippen LogP contribution < -0.4 is 5.32 Å². The molecular weight excluding hydrogens is 387 g/mol. The third-order valence-corrected chi connectivity index (χ3v) is 5.12. The molecule has 1 N–H and O–H groups in total. The third kappa shape index (κ3) is 3.84.